The van der Waals surface area contributed by atoms with Crippen LogP contribution in [0, 0.1) is 3.57 Å². The fraction of sp³-hybridized carbons (Fsp3) is 0.286. The Morgan fingerprint density at radius 2 is 2.36 bits per heavy atom. The lowest BCUT2D eigenvalue weighted by Gasteiger charge is -2.01. The Hall–Kier alpha value is -0.360. The molecule has 0 unspecified atom stereocenters. The van der Waals surface area contributed by atoms with Crippen LogP contribution in [0.4, 0.5) is 0 Å². The van der Waals surface area contributed by atoms with Crippen LogP contribution in [-0.4, -0.2) is 18.1 Å². The lowest BCUT2D eigenvalue weighted by atomic mass is 10.5. The molecule has 11 heavy (non-hydrogen) atoms. The molecular formula is C7H9IN2O. The lowest BCUT2D eigenvalue weighted by molar-refractivity contribution is 0.315. The minimum Gasteiger partial charge on any atom is -0.476 e. The number of ether oxygens (including phenoxy) is 1. The molecule has 1 aromatic rings. The lowest BCUT2D eigenvalue weighted by Crippen LogP contribution is -2.11. The number of pyridine rings is 1. The molecule has 0 fully saturated rings. The zero-order chi connectivity index (χ0) is 8.10. The van der Waals surface area contributed by atoms with E-state index >= 15 is 0 Å². The molecule has 0 aliphatic carbocycles. The Labute approximate surface area is 79.1 Å². The molecule has 1 rings (SSSR count). The molecule has 2 N–H and O–H groups in total. The summed E-state index contributed by atoms with van der Waals surface area (Å²) in [6.07, 6.45) is 1.76. The van der Waals surface area contributed by atoms with E-state index in [4.69, 9.17) is 10.5 Å². The molecule has 60 valence electrons. The minimum absolute atomic E-state index is 0.521. The van der Waals surface area contributed by atoms with Gasteiger partial charge in [0.1, 0.15) is 6.61 Å². The van der Waals surface area contributed by atoms with Gasteiger partial charge in [0.05, 0.1) is 0 Å². The largest absolute Gasteiger partial charge is 0.476 e. The topological polar surface area (TPSA) is 48.1 Å². The average Bonchev–Trinajstić information content (AvgIpc) is 2.04. The predicted octanol–water partition coefficient (Wildman–Crippen LogP) is 1.02. The van der Waals surface area contributed by atoms with Crippen molar-refractivity contribution in [2.45, 2.75) is 0 Å². The Kier molecular flexibility index (Phi) is 3.58. The third kappa shape index (κ3) is 3.02. The van der Waals surface area contributed by atoms with Gasteiger partial charge in [0.25, 0.3) is 0 Å². The highest BCUT2D eigenvalue weighted by Crippen LogP contribution is 2.08. The van der Waals surface area contributed by atoms with Gasteiger partial charge in [-0.15, -0.1) is 0 Å². The summed E-state index contributed by atoms with van der Waals surface area (Å²) in [5.74, 6) is 0.635. The predicted molar refractivity (Wildman–Crippen MR) is 51.5 cm³/mol. The smallest absolute Gasteiger partial charge is 0.213 e. The van der Waals surface area contributed by atoms with Gasteiger partial charge >= 0.3 is 0 Å². The molecule has 0 atom stereocenters. The van der Waals surface area contributed by atoms with E-state index in [2.05, 4.69) is 27.6 Å². The van der Waals surface area contributed by atoms with E-state index in [0.717, 1.165) is 3.57 Å². The molecule has 3 nitrogen and oxygen atoms in total. The van der Waals surface area contributed by atoms with Crippen LogP contribution in [0.1, 0.15) is 0 Å². The van der Waals surface area contributed by atoms with Crippen LogP contribution in [0.2, 0.25) is 0 Å². The summed E-state index contributed by atoms with van der Waals surface area (Å²) in [7, 11) is 0. The van der Waals surface area contributed by atoms with Gasteiger partial charge in [0, 0.05) is 22.4 Å². The number of halogens is 1. The highest BCUT2D eigenvalue weighted by atomic mass is 127. The summed E-state index contributed by atoms with van der Waals surface area (Å²) >= 11 is 2.19. The monoisotopic (exact) mass is 264 g/mol. The molecule has 0 spiro atoms. The Morgan fingerprint density at radius 3 is 2.91 bits per heavy atom. The van der Waals surface area contributed by atoms with E-state index in [1.807, 2.05) is 12.1 Å². The molecule has 0 amide bonds. The third-order valence-corrected chi connectivity index (χ3v) is 1.71. The molecule has 0 aliphatic rings. The first kappa shape index (κ1) is 8.73. The van der Waals surface area contributed by atoms with Gasteiger partial charge in [-0.25, -0.2) is 4.98 Å². The van der Waals surface area contributed by atoms with Crippen LogP contribution in [0.5, 0.6) is 5.88 Å². The van der Waals surface area contributed by atoms with E-state index in [1.165, 1.54) is 0 Å². The highest BCUT2D eigenvalue weighted by Gasteiger charge is 1.92. The third-order valence-electron chi connectivity index (χ3n) is 1.07. The molecular weight excluding hydrogens is 255 g/mol. The van der Waals surface area contributed by atoms with Crippen LogP contribution in [-0.2, 0) is 0 Å². The van der Waals surface area contributed by atoms with E-state index in [-0.39, 0.29) is 0 Å². The second-order valence-corrected chi connectivity index (χ2v) is 3.20. The Balaban J connectivity index is 2.52. The fourth-order valence-electron chi connectivity index (χ4n) is 0.611. The van der Waals surface area contributed by atoms with Crippen molar-refractivity contribution in [3.8, 4) is 5.88 Å². The molecule has 0 aromatic carbocycles. The molecule has 1 aromatic heterocycles. The van der Waals surface area contributed by atoms with Crippen molar-refractivity contribution in [3.63, 3.8) is 0 Å². The summed E-state index contributed by atoms with van der Waals surface area (Å²) in [5, 5.41) is 0. The van der Waals surface area contributed by atoms with Crippen molar-refractivity contribution in [3.05, 3.63) is 21.9 Å². The van der Waals surface area contributed by atoms with Gasteiger partial charge in [-0.3, -0.25) is 0 Å². The van der Waals surface area contributed by atoms with E-state index in [1.54, 1.807) is 6.20 Å². The Bertz CT molecular complexity index is 212. The number of nitrogens with two attached hydrogens (primary N) is 1. The fourth-order valence-corrected chi connectivity index (χ4v) is 0.930. The summed E-state index contributed by atoms with van der Waals surface area (Å²) in [6.45, 7) is 1.04. The average molecular weight is 264 g/mol. The standard InChI is InChI=1S/C7H9IN2O/c8-6-1-2-7(10-5-6)11-4-3-9/h1-2,5H,3-4,9H2. The van der Waals surface area contributed by atoms with Gasteiger partial charge in [-0.05, 0) is 28.7 Å². The quantitative estimate of drug-likeness (QED) is 0.829. The normalized spacial score (nSPS) is 9.64. The number of hydrogen-bond donors (Lipinski definition) is 1. The number of nitrogens with zero attached hydrogens (tertiary/aromatic N) is 1. The van der Waals surface area contributed by atoms with Gasteiger partial charge < -0.3 is 10.5 Å². The zero-order valence-electron chi connectivity index (χ0n) is 5.96. The van der Waals surface area contributed by atoms with Crippen LogP contribution in [0.15, 0.2) is 18.3 Å². The van der Waals surface area contributed by atoms with E-state index < -0.39 is 0 Å². The van der Waals surface area contributed by atoms with Crippen molar-refractivity contribution < 1.29 is 4.74 Å². The van der Waals surface area contributed by atoms with Crippen molar-refractivity contribution in [2.24, 2.45) is 5.73 Å². The summed E-state index contributed by atoms with van der Waals surface area (Å²) in [6, 6.07) is 3.77. The first-order valence-electron chi connectivity index (χ1n) is 3.27. The number of aromatic nitrogens is 1. The van der Waals surface area contributed by atoms with Crippen LogP contribution >= 0.6 is 22.6 Å². The van der Waals surface area contributed by atoms with Crippen LogP contribution in [0.25, 0.3) is 0 Å². The molecule has 1 heterocycles. The Morgan fingerprint density at radius 1 is 1.55 bits per heavy atom. The summed E-state index contributed by atoms with van der Waals surface area (Å²) in [4.78, 5) is 4.03. The van der Waals surface area contributed by atoms with Gasteiger partial charge in [-0.2, -0.15) is 0 Å². The van der Waals surface area contributed by atoms with Crippen molar-refractivity contribution >= 4 is 22.6 Å². The zero-order valence-corrected chi connectivity index (χ0v) is 8.11. The SMILES string of the molecule is NCCOc1ccc(I)cn1. The molecule has 0 aliphatic heterocycles. The van der Waals surface area contributed by atoms with Crippen molar-refractivity contribution in [2.75, 3.05) is 13.2 Å². The number of rotatable bonds is 3. The molecule has 0 bridgehead atoms. The molecule has 0 saturated heterocycles. The summed E-state index contributed by atoms with van der Waals surface area (Å²) in [5.41, 5.74) is 5.25. The van der Waals surface area contributed by atoms with Crippen molar-refractivity contribution in [1.82, 2.24) is 4.98 Å². The second kappa shape index (κ2) is 4.50. The van der Waals surface area contributed by atoms with Gasteiger partial charge in [-0.1, -0.05) is 0 Å². The molecule has 0 radical (unpaired) electrons. The van der Waals surface area contributed by atoms with Crippen LogP contribution in [0.3, 0.4) is 0 Å². The van der Waals surface area contributed by atoms with Crippen molar-refractivity contribution in [1.29, 1.82) is 0 Å². The first-order valence-corrected chi connectivity index (χ1v) is 4.35. The van der Waals surface area contributed by atoms with Gasteiger partial charge in [0.2, 0.25) is 5.88 Å². The van der Waals surface area contributed by atoms with E-state index in [0.29, 0.717) is 19.0 Å². The van der Waals surface area contributed by atoms with Gasteiger partial charge in [0.15, 0.2) is 0 Å². The minimum atomic E-state index is 0.521. The highest BCUT2D eigenvalue weighted by molar-refractivity contribution is 14.1. The molecule has 0 saturated carbocycles. The second-order valence-electron chi connectivity index (χ2n) is 1.95. The van der Waals surface area contributed by atoms with E-state index in [9.17, 15) is 0 Å². The van der Waals surface area contributed by atoms with Crippen LogP contribution < -0.4 is 10.5 Å². The maximum Gasteiger partial charge on any atom is 0.213 e. The number of hydrogen-bond acceptors (Lipinski definition) is 3. The maximum atomic E-state index is 5.25. The molecule has 4 heteroatoms. The summed E-state index contributed by atoms with van der Waals surface area (Å²) < 4.78 is 6.27. The maximum absolute atomic E-state index is 5.25. The first-order chi connectivity index (χ1) is 5.33.